The van der Waals surface area contributed by atoms with E-state index < -0.39 is 0 Å². The zero-order chi connectivity index (χ0) is 10.8. The topological polar surface area (TPSA) is 38.3 Å². The van der Waals surface area contributed by atoms with Gasteiger partial charge in [-0.3, -0.25) is 4.79 Å². The first-order valence-electron chi connectivity index (χ1n) is 5.29. The van der Waals surface area contributed by atoms with Crippen LogP contribution in [0, 0.1) is 5.41 Å². The number of hydrogen-bond acceptors (Lipinski definition) is 3. The van der Waals surface area contributed by atoms with E-state index in [-0.39, 0.29) is 17.4 Å². The first-order valence-corrected chi connectivity index (χ1v) is 5.29. The van der Waals surface area contributed by atoms with Crippen molar-refractivity contribution in [2.45, 2.75) is 52.1 Å². The van der Waals surface area contributed by atoms with E-state index in [1.165, 1.54) is 7.11 Å². The molecule has 0 radical (unpaired) electrons. The van der Waals surface area contributed by atoms with E-state index in [1.807, 2.05) is 0 Å². The molecule has 1 rings (SSSR count). The van der Waals surface area contributed by atoms with Crippen LogP contribution >= 0.6 is 0 Å². The first kappa shape index (κ1) is 11.5. The minimum Gasteiger partial charge on any atom is -0.468 e. The lowest BCUT2D eigenvalue weighted by atomic mass is 9.80. The van der Waals surface area contributed by atoms with Gasteiger partial charge in [0.05, 0.1) is 7.11 Å². The number of piperidine rings is 1. The number of rotatable bonds is 1. The van der Waals surface area contributed by atoms with Crippen molar-refractivity contribution < 1.29 is 9.53 Å². The van der Waals surface area contributed by atoms with Crippen LogP contribution in [-0.4, -0.2) is 25.2 Å². The zero-order valence-electron chi connectivity index (χ0n) is 9.59. The summed E-state index contributed by atoms with van der Waals surface area (Å²) in [6, 6.07) is 0.318. The Balaban J connectivity index is 2.56. The average Bonchev–Trinajstić information content (AvgIpc) is 2.15. The maximum absolute atomic E-state index is 11.4. The third-order valence-corrected chi connectivity index (χ3v) is 2.92. The van der Waals surface area contributed by atoms with Crippen LogP contribution < -0.4 is 5.32 Å². The van der Waals surface area contributed by atoms with E-state index in [2.05, 4.69) is 26.1 Å². The Bertz CT molecular complexity index is 208. The third kappa shape index (κ3) is 2.71. The summed E-state index contributed by atoms with van der Waals surface area (Å²) in [5.41, 5.74) is 0.215. The van der Waals surface area contributed by atoms with Gasteiger partial charge in [0.25, 0.3) is 0 Å². The van der Waals surface area contributed by atoms with Crippen LogP contribution in [0.4, 0.5) is 0 Å². The summed E-state index contributed by atoms with van der Waals surface area (Å²) in [4.78, 5) is 11.4. The molecule has 0 spiro atoms. The molecule has 0 amide bonds. The lowest BCUT2D eigenvalue weighted by Gasteiger charge is -2.37. The standard InChI is InChI=1S/C11H21NO2/c1-11(2,3)9-7-5-6-8(12-9)10(13)14-4/h8-9,12H,5-7H2,1-4H3. The Morgan fingerprint density at radius 3 is 2.50 bits per heavy atom. The van der Waals surface area contributed by atoms with E-state index in [4.69, 9.17) is 4.74 Å². The number of nitrogens with one attached hydrogen (secondary N) is 1. The fourth-order valence-corrected chi connectivity index (χ4v) is 1.95. The Hall–Kier alpha value is -0.570. The molecule has 1 N–H and O–H groups in total. The highest BCUT2D eigenvalue weighted by Gasteiger charge is 2.33. The predicted molar refractivity (Wildman–Crippen MR) is 56.0 cm³/mol. The number of esters is 1. The molecule has 3 nitrogen and oxygen atoms in total. The number of carbonyl (C=O) groups is 1. The highest BCUT2D eigenvalue weighted by Crippen LogP contribution is 2.27. The van der Waals surface area contributed by atoms with Gasteiger partial charge in [0.15, 0.2) is 0 Å². The summed E-state index contributed by atoms with van der Waals surface area (Å²) < 4.78 is 4.75. The fourth-order valence-electron chi connectivity index (χ4n) is 1.95. The molecule has 1 aliphatic heterocycles. The van der Waals surface area contributed by atoms with Crippen molar-refractivity contribution in [2.75, 3.05) is 7.11 Å². The molecule has 82 valence electrons. The van der Waals surface area contributed by atoms with Crippen LogP contribution in [0.15, 0.2) is 0 Å². The molecule has 1 heterocycles. The van der Waals surface area contributed by atoms with Crippen molar-refractivity contribution in [1.29, 1.82) is 0 Å². The lowest BCUT2D eigenvalue weighted by Crippen LogP contribution is -2.52. The van der Waals surface area contributed by atoms with Crippen molar-refractivity contribution in [2.24, 2.45) is 5.41 Å². The van der Waals surface area contributed by atoms with E-state index >= 15 is 0 Å². The molecule has 1 aliphatic rings. The number of carbonyl (C=O) groups excluding carboxylic acids is 1. The van der Waals surface area contributed by atoms with Gasteiger partial charge in [-0.2, -0.15) is 0 Å². The molecule has 0 aromatic rings. The highest BCUT2D eigenvalue weighted by molar-refractivity contribution is 5.75. The van der Waals surface area contributed by atoms with Gasteiger partial charge in [-0.1, -0.05) is 20.8 Å². The Kier molecular flexibility index (Phi) is 3.53. The van der Waals surface area contributed by atoms with Crippen LogP contribution in [0.1, 0.15) is 40.0 Å². The SMILES string of the molecule is COC(=O)C1CCCC(C(C)(C)C)N1. The molecular formula is C11H21NO2. The van der Waals surface area contributed by atoms with Crippen molar-refractivity contribution in [3.8, 4) is 0 Å². The fraction of sp³-hybridized carbons (Fsp3) is 0.909. The molecule has 2 unspecified atom stereocenters. The van der Waals surface area contributed by atoms with Crippen molar-refractivity contribution in [3.63, 3.8) is 0 Å². The van der Waals surface area contributed by atoms with Gasteiger partial charge < -0.3 is 10.1 Å². The maximum Gasteiger partial charge on any atom is 0.322 e. The van der Waals surface area contributed by atoms with Crippen molar-refractivity contribution >= 4 is 5.97 Å². The molecule has 0 aromatic heterocycles. The van der Waals surface area contributed by atoms with Crippen LogP contribution in [-0.2, 0) is 9.53 Å². The van der Waals surface area contributed by atoms with Crippen LogP contribution in [0.5, 0.6) is 0 Å². The van der Waals surface area contributed by atoms with Gasteiger partial charge in [0, 0.05) is 6.04 Å². The minimum absolute atomic E-state index is 0.0991. The molecule has 0 bridgehead atoms. The van der Waals surface area contributed by atoms with Gasteiger partial charge in [-0.05, 0) is 24.7 Å². The van der Waals surface area contributed by atoms with E-state index in [0.717, 1.165) is 19.3 Å². The van der Waals surface area contributed by atoms with Crippen molar-refractivity contribution in [1.82, 2.24) is 5.32 Å². The maximum atomic E-state index is 11.4. The summed E-state index contributed by atoms with van der Waals surface area (Å²) >= 11 is 0. The van der Waals surface area contributed by atoms with E-state index in [1.54, 1.807) is 0 Å². The molecule has 0 aromatic carbocycles. The van der Waals surface area contributed by atoms with Gasteiger partial charge >= 0.3 is 5.97 Å². The smallest absolute Gasteiger partial charge is 0.322 e. The van der Waals surface area contributed by atoms with Crippen LogP contribution in [0.3, 0.4) is 0 Å². The van der Waals surface area contributed by atoms with Gasteiger partial charge in [-0.25, -0.2) is 0 Å². The zero-order valence-corrected chi connectivity index (χ0v) is 9.59. The summed E-state index contributed by atoms with van der Waals surface area (Å²) in [6.07, 6.45) is 3.16. The molecule has 1 fully saturated rings. The second kappa shape index (κ2) is 4.30. The molecule has 0 saturated carbocycles. The Morgan fingerprint density at radius 1 is 1.36 bits per heavy atom. The highest BCUT2D eigenvalue weighted by atomic mass is 16.5. The molecule has 1 saturated heterocycles. The van der Waals surface area contributed by atoms with E-state index in [9.17, 15) is 4.79 Å². The minimum atomic E-state index is -0.126. The van der Waals surface area contributed by atoms with E-state index in [0.29, 0.717) is 6.04 Å². The first-order chi connectivity index (χ1) is 6.45. The Morgan fingerprint density at radius 2 is 2.00 bits per heavy atom. The number of hydrogen-bond donors (Lipinski definition) is 1. The molecule has 14 heavy (non-hydrogen) atoms. The third-order valence-electron chi connectivity index (χ3n) is 2.92. The molecular weight excluding hydrogens is 178 g/mol. The predicted octanol–water partition coefficient (Wildman–Crippen LogP) is 1.72. The monoisotopic (exact) mass is 199 g/mol. The quantitative estimate of drug-likeness (QED) is 0.653. The summed E-state index contributed by atoms with van der Waals surface area (Å²) in [5.74, 6) is -0.126. The summed E-state index contributed by atoms with van der Waals surface area (Å²) in [5, 5.41) is 3.37. The Labute approximate surface area is 86.2 Å². The van der Waals surface area contributed by atoms with Crippen LogP contribution in [0.2, 0.25) is 0 Å². The summed E-state index contributed by atoms with van der Waals surface area (Å²) in [7, 11) is 1.45. The largest absolute Gasteiger partial charge is 0.468 e. The van der Waals surface area contributed by atoms with Gasteiger partial charge in [0.1, 0.15) is 6.04 Å². The number of ether oxygens (including phenoxy) is 1. The lowest BCUT2D eigenvalue weighted by molar-refractivity contribution is -0.144. The van der Waals surface area contributed by atoms with Crippen molar-refractivity contribution in [3.05, 3.63) is 0 Å². The normalized spacial score (nSPS) is 28.6. The van der Waals surface area contributed by atoms with Gasteiger partial charge in [-0.15, -0.1) is 0 Å². The average molecular weight is 199 g/mol. The number of methoxy groups -OCH3 is 1. The van der Waals surface area contributed by atoms with Gasteiger partial charge in [0.2, 0.25) is 0 Å². The molecule has 3 heteroatoms. The second-order valence-electron chi connectivity index (χ2n) is 5.09. The molecule has 0 aliphatic carbocycles. The van der Waals surface area contributed by atoms with Crippen LogP contribution in [0.25, 0.3) is 0 Å². The summed E-state index contributed by atoms with van der Waals surface area (Å²) in [6.45, 7) is 6.60. The molecule has 2 atom stereocenters. The second-order valence-corrected chi connectivity index (χ2v) is 5.09.